The summed E-state index contributed by atoms with van der Waals surface area (Å²) in [5.41, 5.74) is 4.67. The topological polar surface area (TPSA) is 57.4 Å². The largest absolute Gasteiger partial charge is 0.494 e. The number of fused-ring (bicyclic) bond motifs is 1. The fraction of sp³-hybridized carbons (Fsp3) is 0.231. The molecule has 0 aliphatic heterocycles. The first kappa shape index (κ1) is 23.0. The van der Waals surface area contributed by atoms with E-state index in [2.05, 4.69) is 36.3 Å². The van der Waals surface area contributed by atoms with E-state index in [4.69, 9.17) is 17.0 Å². The van der Waals surface area contributed by atoms with Crippen molar-refractivity contribution < 1.29 is 4.74 Å². The molecule has 0 radical (unpaired) electrons. The molecule has 33 heavy (non-hydrogen) atoms. The van der Waals surface area contributed by atoms with Gasteiger partial charge in [0.1, 0.15) is 5.75 Å². The Hall–Kier alpha value is -3.16. The maximum atomic E-state index is 12.9. The number of anilines is 1. The Morgan fingerprint density at radius 1 is 1.09 bits per heavy atom. The van der Waals surface area contributed by atoms with Gasteiger partial charge in [0.25, 0.3) is 5.56 Å². The van der Waals surface area contributed by atoms with Crippen LogP contribution in [-0.4, -0.2) is 21.6 Å². The monoisotopic (exact) mass is 477 g/mol. The number of H-pyrrole nitrogens is 1. The number of thiocarbonyl (C=S) groups is 1. The van der Waals surface area contributed by atoms with E-state index in [0.717, 1.165) is 27.9 Å². The Kier molecular flexibility index (Phi) is 7.11. The number of thiophene rings is 1. The zero-order valence-electron chi connectivity index (χ0n) is 19.0. The van der Waals surface area contributed by atoms with Crippen LogP contribution in [0.5, 0.6) is 5.75 Å². The summed E-state index contributed by atoms with van der Waals surface area (Å²) in [5, 5.41) is 6.94. The molecule has 7 heteroatoms. The number of nitrogens with zero attached hydrogens (tertiary/aromatic N) is 1. The van der Waals surface area contributed by atoms with Crippen molar-refractivity contribution in [2.75, 3.05) is 11.9 Å². The predicted molar refractivity (Wildman–Crippen MR) is 141 cm³/mol. The highest BCUT2D eigenvalue weighted by atomic mass is 32.1. The summed E-state index contributed by atoms with van der Waals surface area (Å²) in [5.74, 6) is 0.817. The molecule has 5 nitrogen and oxygen atoms in total. The number of aromatic amines is 1. The maximum absolute atomic E-state index is 12.9. The van der Waals surface area contributed by atoms with Crippen molar-refractivity contribution in [3.8, 4) is 5.75 Å². The number of aryl methyl sites for hydroxylation is 2. The van der Waals surface area contributed by atoms with Gasteiger partial charge in [-0.25, -0.2) is 0 Å². The molecule has 4 aromatic rings. The van der Waals surface area contributed by atoms with Gasteiger partial charge in [-0.2, -0.15) is 0 Å². The summed E-state index contributed by atoms with van der Waals surface area (Å²) in [7, 11) is 0. The number of hydrogen-bond donors (Lipinski definition) is 2. The van der Waals surface area contributed by atoms with Gasteiger partial charge in [-0.3, -0.25) is 4.79 Å². The van der Waals surface area contributed by atoms with Crippen LogP contribution >= 0.6 is 23.6 Å². The van der Waals surface area contributed by atoms with Crippen LogP contribution in [0.4, 0.5) is 5.69 Å². The molecule has 0 amide bonds. The fourth-order valence-electron chi connectivity index (χ4n) is 3.64. The summed E-state index contributed by atoms with van der Waals surface area (Å²) in [6, 6.07) is 17.9. The minimum Gasteiger partial charge on any atom is -0.494 e. The van der Waals surface area contributed by atoms with Crippen molar-refractivity contribution in [2.45, 2.75) is 33.9 Å². The number of aromatic nitrogens is 1. The van der Waals surface area contributed by atoms with Crippen LogP contribution in [0.2, 0.25) is 0 Å². The molecule has 2 N–H and O–H groups in total. The summed E-state index contributed by atoms with van der Waals surface area (Å²) >= 11 is 7.44. The molecule has 2 aromatic heterocycles. The zero-order valence-corrected chi connectivity index (χ0v) is 20.6. The lowest BCUT2D eigenvalue weighted by Crippen LogP contribution is -2.35. The molecule has 0 saturated carbocycles. The van der Waals surface area contributed by atoms with Crippen LogP contribution < -0.4 is 15.6 Å². The van der Waals surface area contributed by atoms with E-state index in [0.29, 0.717) is 30.4 Å². The minimum absolute atomic E-state index is 0.0919. The summed E-state index contributed by atoms with van der Waals surface area (Å²) in [4.78, 5) is 19.1. The molecule has 2 aromatic carbocycles. The van der Waals surface area contributed by atoms with Gasteiger partial charge in [0, 0.05) is 21.6 Å². The van der Waals surface area contributed by atoms with Gasteiger partial charge >= 0.3 is 0 Å². The van der Waals surface area contributed by atoms with Crippen LogP contribution in [0.3, 0.4) is 0 Å². The van der Waals surface area contributed by atoms with Crippen LogP contribution in [0, 0.1) is 13.8 Å². The molecule has 0 aliphatic rings. The SMILES string of the molecule is CCOc1ccc(NC(=S)N(Cc2cccs2)Cc2cc3cc(C)c(C)cc3[nH]c2=O)cc1. The van der Waals surface area contributed by atoms with Gasteiger partial charge in [-0.05, 0) is 103 Å². The molecule has 0 unspecified atom stereocenters. The molecule has 0 atom stereocenters. The highest BCUT2D eigenvalue weighted by Gasteiger charge is 2.15. The first-order chi connectivity index (χ1) is 15.9. The van der Waals surface area contributed by atoms with Crippen molar-refractivity contribution in [3.05, 3.63) is 91.9 Å². The van der Waals surface area contributed by atoms with Crippen molar-refractivity contribution in [1.82, 2.24) is 9.88 Å². The zero-order chi connectivity index (χ0) is 23.4. The summed E-state index contributed by atoms with van der Waals surface area (Å²) in [6.07, 6.45) is 0. The Bertz CT molecular complexity index is 1310. The smallest absolute Gasteiger partial charge is 0.253 e. The number of pyridine rings is 1. The Balaban J connectivity index is 1.60. The van der Waals surface area contributed by atoms with Gasteiger partial charge in [-0.1, -0.05) is 6.07 Å². The second kappa shape index (κ2) is 10.2. The normalized spacial score (nSPS) is 10.9. The maximum Gasteiger partial charge on any atom is 0.253 e. The predicted octanol–water partition coefficient (Wildman–Crippen LogP) is 6.00. The quantitative estimate of drug-likeness (QED) is 0.320. The highest BCUT2D eigenvalue weighted by Crippen LogP contribution is 2.21. The summed E-state index contributed by atoms with van der Waals surface area (Å²) < 4.78 is 5.52. The van der Waals surface area contributed by atoms with E-state index in [1.807, 2.05) is 59.7 Å². The van der Waals surface area contributed by atoms with Gasteiger partial charge in [-0.15, -0.1) is 11.3 Å². The van der Waals surface area contributed by atoms with E-state index < -0.39 is 0 Å². The van der Waals surface area contributed by atoms with E-state index in [1.165, 1.54) is 10.4 Å². The van der Waals surface area contributed by atoms with Crippen LogP contribution in [0.25, 0.3) is 10.9 Å². The van der Waals surface area contributed by atoms with Gasteiger partial charge < -0.3 is 19.9 Å². The standard InChI is InChI=1S/C26H27N3O2S2/c1-4-31-22-9-7-21(8-10-22)27-26(32)29(16-23-6-5-11-33-23)15-20-14-19-12-17(2)18(3)13-24(19)28-25(20)30/h5-14H,4,15-16H2,1-3H3,(H,27,32)(H,28,30). The first-order valence-corrected chi connectivity index (χ1v) is 12.2. The molecule has 0 saturated heterocycles. The molecular formula is C26H27N3O2S2. The van der Waals surface area contributed by atoms with Crippen molar-refractivity contribution >= 4 is 45.3 Å². The number of rotatable bonds is 7. The van der Waals surface area contributed by atoms with E-state index in [9.17, 15) is 4.79 Å². The highest BCUT2D eigenvalue weighted by molar-refractivity contribution is 7.80. The number of benzene rings is 2. The lowest BCUT2D eigenvalue weighted by atomic mass is 10.0. The van der Waals surface area contributed by atoms with Crippen LogP contribution in [-0.2, 0) is 13.1 Å². The molecule has 0 fully saturated rings. The van der Waals surface area contributed by atoms with E-state index >= 15 is 0 Å². The van der Waals surface area contributed by atoms with Gasteiger partial charge in [0.05, 0.1) is 19.7 Å². The minimum atomic E-state index is -0.0919. The number of hydrogen-bond acceptors (Lipinski definition) is 4. The average molecular weight is 478 g/mol. The third kappa shape index (κ3) is 5.61. The van der Waals surface area contributed by atoms with Gasteiger partial charge in [0.2, 0.25) is 0 Å². The molecule has 0 spiro atoms. The average Bonchev–Trinajstić information content (AvgIpc) is 3.30. The van der Waals surface area contributed by atoms with Gasteiger partial charge in [0.15, 0.2) is 5.11 Å². The molecule has 0 bridgehead atoms. The third-order valence-corrected chi connectivity index (χ3v) is 6.75. The summed E-state index contributed by atoms with van der Waals surface area (Å²) in [6.45, 7) is 7.73. The van der Waals surface area contributed by atoms with Crippen LogP contribution in [0.1, 0.15) is 28.5 Å². The molecule has 2 heterocycles. The molecule has 170 valence electrons. The molecule has 0 aliphatic carbocycles. The van der Waals surface area contributed by atoms with Crippen molar-refractivity contribution in [1.29, 1.82) is 0 Å². The number of nitrogens with one attached hydrogen (secondary N) is 2. The lowest BCUT2D eigenvalue weighted by molar-refractivity contribution is 0.340. The molecule has 4 rings (SSSR count). The Labute approximate surface area is 203 Å². The van der Waals surface area contributed by atoms with E-state index in [-0.39, 0.29) is 5.56 Å². The lowest BCUT2D eigenvalue weighted by Gasteiger charge is -2.25. The van der Waals surface area contributed by atoms with Crippen LogP contribution in [0.15, 0.2) is 64.8 Å². The second-order valence-corrected chi connectivity index (χ2v) is 9.39. The Morgan fingerprint density at radius 3 is 2.55 bits per heavy atom. The second-order valence-electron chi connectivity index (χ2n) is 7.97. The Morgan fingerprint density at radius 2 is 1.85 bits per heavy atom. The molecular weight excluding hydrogens is 450 g/mol. The van der Waals surface area contributed by atoms with Crippen molar-refractivity contribution in [2.24, 2.45) is 0 Å². The first-order valence-electron chi connectivity index (χ1n) is 10.9. The van der Waals surface area contributed by atoms with Crippen molar-refractivity contribution in [3.63, 3.8) is 0 Å². The van der Waals surface area contributed by atoms with E-state index in [1.54, 1.807) is 11.3 Å². The fourth-order valence-corrected chi connectivity index (χ4v) is 4.61. The third-order valence-electron chi connectivity index (χ3n) is 5.53. The number of ether oxygens (including phenoxy) is 1.